The molecular weight excluding hydrogens is 256 g/mol. The summed E-state index contributed by atoms with van der Waals surface area (Å²) in [6.07, 6.45) is 2.79. The minimum Gasteiger partial charge on any atom is -0.393 e. The molecular formula is C15H18N2OS. The molecule has 0 radical (unpaired) electrons. The third kappa shape index (κ3) is 2.84. The predicted molar refractivity (Wildman–Crippen MR) is 83.5 cm³/mol. The fourth-order valence-electron chi connectivity index (χ4n) is 2.09. The number of thiocarbonyl (C=S) groups is 1. The molecule has 0 aliphatic rings. The number of benzene rings is 1. The SMILES string of the molecule is CCc1ccc2c(=O)n(CC(C)C(N)=S)ccc2c1. The van der Waals surface area contributed by atoms with Gasteiger partial charge in [-0.05, 0) is 29.5 Å². The van der Waals surface area contributed by atoms with Gasteiger partial charge in [0.15, 0.2) is 0 Å². The summed E-state index contributed by atoms with van der Waals surface area (Å²) in [6, 6.07) is 7.95. The Balaban J connectivity index is 2.46. The van der Waals surface area contributed by atoms with E-state index in [1.807, 2.05) is 31.3 Å². The highest BCUT2D eigenvalue weighted by Gasteiger charge is 2.09. The van der Waals surface area contributed by atoms with Crippen molar-refractivity contribution in [2.24, 2.45) is 11.7 Å². The van der Waals surface area contributed by atoms with Crippen LogP contribution in [0.25, 0.3) is 10.8 Å². The number of hydrogen-bond acceptors (Lipinski definition) is 2. The van der Waals surface area contributed by atoms with Crippen LogP contribution in [-0.4, -0.2) is 9.56 Å². The lowest BCUT2D eigenvalue weighted by molar-refractivity contribution is 0.585. The van der Waals surface area contributed by atoms with Crippen molar-refractivity contribution in [3.63, 3.8) is 0 Å². The molecule has 2 aromatic rings. The second-order valence-corrected chi connectivity index (χ2v) is 5.32. The summed E-state index contributed by atoms with van der Waals surface area (Å²) in [4.78, 5) is 12.8. The van der Waals surface area contributed by atoms with Crippen molar-refractivity contribution in [1.82, 2.24) is 4.57 Å². The smallest absolute Gasteiger partial charge is 0.258 e. The van der Waals surface area contributed by atoms with E-state index in [1.54, 1.807) is 4.57 Å². The molecule has 4 heteroatoms. The summed E-state index contributed by atoms with van der Waals surface area (Å²) in [6.45, 7) is 4.56. The van der Waals surface area contributed by atoms with Gasteiger partial charge in [0.1, 0.15) is 0 Å². The Morgan fingerprint density at radius 1 is 1.42 bits per heavy atom. The van der Waals surface area contributed by atoms with Crippen LogP contribution in [0.15, 0.2) is 35.3 Å². The molecule has 1 atom stereocenters. The fourth-order valence-corrected chi connectivity index (χ4v) is 2.16. The summed E-state index contributed by atoms with van der Waals surface area (Å²) in [5.41, 5.74) is 6.85. The van der Waals surface area contributed by atoms with E-state index in [4.69, 9.17) is 18.0 Å². The average molecular weight is 274 g/mol. The zero-order chi connectivity index (χ0) is 14.0. The van der Waals surface area contributed by atoms with E-state index in [1.165, 1.54) is 5.56 Å². The molecule has 0 bridgehead atoms. The first-order valence-electron chi connectivity index (χ1n) is 6.44. The number of aryl methyl sites for hydroxylation is 1. The molecule has 0 saturated carbocycles. The van der Waals surface area contributed by atoms with Crippen LogP contribution < -0.4 is 11.3 Å². The van der Waals surface area contributed by atoms with Gasteiger partial charge >= 0.3 is 0 Å². The van der Waals surface area contributed by atoms with Crippen molar-refractivity contribution in [2.75, 3.05) is 0 Å². The topological polar surface area (TPSA) is 48.0 Å². The Kier molecular flexibility index (Phi) is 4.00. The Labute approximate surface area is 118 Å². The zero-order valence-corrected chi connectivity index (χ0v) is 12.0. The van der Waals surface area contributed by atoms with Gasteiger partial charge in [0.2, 0.25) is 0 Å². The Morgan fingerprint density at radius 3 is 2.79 bits per heavy atom. The monoisotopic (exact) mass is 274 g/mol. The number of nitrogens with two attached hydrogens (primary N) is 1. The van der Waals surface area contributed by atoms with Gasteiger partial charge in [-0.1, -0.05) is 38.2 Å². The Hall–Kier alpha value is -1.68. The maximum Gasteiger partial charge on any atom is 0.258 e. The van der Waals surface area contributed by atoms with Crippen molar-refractivity contribution >= 4 is 28.0 Å². The lowest BCUT2D eigenvalue weighted by atomic mass is 10.1. The molecule has 1 aromatic carbocycles. The molecule has 0 amide bonds. The quantitative estimate of drug-likeness (QED) is 0.871. The lowest BCUT2D eigenvalue weighted by Gasteiger charge is -2.12. The number of hydrogen-bond donors (Lipinski definition) is 1. The van der Waals surface area contributed by atoms with Crippen LogP contribution in [0.4, 0.5) is 0 Å². The zero-order valence-electron chi connectivity index (χ0n) is 11.2. The molecule has 3 nitrogen and oxygen atoms in total. The van der Waals surface area contributed by atoms with Gasteiger partial charge in [-0.3, -0.25) is 4.79 Å². The number of rotatable bonds is 4. The van der Waals surface area contributed by atoms with Gasteiger partial charge in [0.25, 0.3) is 5.56 Å². The molecule has 1 unspecified atom stereocenters. The van der Waals surface area contributed by atoms with E-state index in [9.17, 15) is 4.79 Å². The Bertz CT molecular complexity index is 675. The summed E-state index contributed by atoms with van der Waals surface area (Å²) in [5.74, 6) is 0.0139. The standard InChI is InChI=1S/C15H18N2OS/c1-3-11-4-5-13-12(8-11)6-7-17(15(13)18)9-10(2)14(16)19/h4-8,10H,3,9H2,1-2H3,(H2,16,19). The molecule has 0 aliphatic carbocycles. The largest absolute Gasteiger partial charge is 0.393 e. The molecule has 2 rings (SSSR count). The molecule has 100 valence electrons. The van der Waals surface area contributed by atoms with Crippen LogP contribution in [0.1, 0.15) is 19.4 Å². The van der Waals surface area contributed by atoms with E-state index < -0.39 is 0 Å². The van der Waals surface area contributed by atoms with Crippen LogP contribution in [0.2, 0.25) is 0 Å². The molecule has 0 saturated heterocycles. The number of pyridine rings is 1. The highest BCUT2D eigenvalue weighted by molar-refractivity contribution is 7.80. The second-order valence-electron chi connectivity index (χ2n) is 4.85. The van der Waals surface area contributed by atoms with Crippen molar-refractivity contribution in [3.8, 4) is 0 Å². The van der Waals surface area contributed by atoms with Gasteiger partial charge in [-0.2, -0.15) is 0 Å². The predicted octanol–water partition coefficient (Wildman–Crippen LogP) is 2.49. The van der Waals surface area contributed by atoms with Gasteiger partial charge in [0.05, 0.1) is 4.99 Å². The summed E-state index contributed by atoms with van der Waals surface area (Å²) in [7, 11) is 0. The fraction of sp³-hybridized carbons (Fsp3) is 0.333. The first-order chi connectivity index (χ1) is 9.02. The van der Waals surface area contributed by atoms with E-state index in [2.05, 4.69) is 13.0 Å². The van der Waals surface area contributed by atoms with Crippen LogP contribution in [0, 0.1) is 5.92 Å². The Morgan fingerprint density at radius 2 is 2.16 bits per heavy atom. The molecule has 2 N–H and O–H groups in total. The molecule has 0 spiro atoms. The normalized spacial score (nSPS) is 12.5. The van der Waals surface area contributed by atoms with Crippen molar-refractivity contribution in [3.05, 3.63) is 46.4 Å². The highest BCUT2D eigenvalue weighted by atomic mass is 32.1. The minimum atomic E-state index is 0.0139. The molecule has 1 heterocycles. The number of nitrogens with zero attached hydrogens (tertiary/aromatic N) is 1. The van der Waals surface area contributed by atoms with E-state index >= 15 is 0 Å². The van der Waals surface area contributed by atoms with Crippen molar-refractivity contribution < 1.29 is 0 Å². The number of fused-ring (bicyclic) bond motifs is 1. The average Bonchev–Trinajstić information content (AvgIpc) is 2.41. The van der Waals surface area contributed by atoms with Crippen LogP contribution in [0.3, 0.4) is 0 Å². The number of aromatic nitrogens is 1. The van der Waals surface area contributed by atoms with Crippen molar-refractivity contribution in [2.45, 2.75) is 26.8 Å². The summed E-state index contributed by atoms with van der Waals surface area (Å²) in [5, 5.41) is 1.73. The van der Waals surface area contributed by atoms with Gasteiger partial charge in [-0.25, -0.2) is 0 Å². The summed E-state index contributed by atoms with van der Waals surface area (Å²) >= 11 is 4.95. The molecule has 19 heavy (non-hydrogen) atoms. The maximum atomic E-state index is 12.4. The van der Waals surface area contributed by atoms with Crippen molar-refractivity contribution in [1.29, 1.82) is 0 Å². The lowest BCUT2D eigenvalue weighted by Crippen LogP contribution is -2.28. The van der Waals surface area contributed by atoms with E-state index in [0.717, 1.165) is 17.2 Å². The highest BCUT2D eigenvalue weighted by Crippen LogP contribution is 2.13. The van der Waals surface area contributed by atoms with Gasteiger partial charge in [-0.15, -0.1) is 0 Å². The molecule has 0 aliphatic heterocycles. The third-order valence-electron chi connectivity index (χ3n) is 3.41. The van der Waals surface area contributed by atoms with Crippen LogP contribution in [-0.2, 0) is 13.0 Å². The third-order valence-corrected chi connectivity index (χ3v) is 3.81. The van der Waals surface area contributed by atoms with Gasteiger partial charge in [0, 0.05) is 24.0 Å². The van der Waals surface area contributed by atoms with Gasteiger partial charge < -0.3 is 10.3 Å². The van der Waals surface area contributed by atoms with E-state index in [0.29, 0.717) is 11.5 Å². The second kappa shape index (κ2) is 5.53. The first kappa shape index (κ1) is 13.7. The maximum absolute atomic E-state index is 12.4. The van der Waals surface area contributed by atoms with Crippen LogP contribution in [0.5, 0.6) is 0 Å². The van der Waals surface area contributed by atoms with Crippen LogP contribution >= 0.6 is 12.2 Å². The molecule has 0 fully saturated rings. The summed E-state index contributed by atoms with van der Waals surface area (Å²) < 4.78 is 1.68. The molecule has 1 aromatic heterocycles. The first-order valence-corrected chi connectivity index (χ1v) is 6.85. The minimum absolute atomic E-state index is 0.0139. The van der Waals surface area contributed by atoms with E-state index in [-0.39, 0.29) is 11.5 Å².